The number of nitrogens with one attached hydrogen (secondary N) is 1. The zero-order valence-corrected chi connectivity index (χ0v) is 14.0. The molecular weight excluding hydrogens is 320 g/mol. The summed E-state index contributed by atoms with van der Waals surface area (Å²) >= 11 is 0. The molecule has 6 heteroatoms. The van der Waals surface area contributed by atoms with Crippen LogP contribution in [0, 0.1) is 6.92 Å². The Morgan fingerprint density at radius 3 is 2.76 bits per heavy atom. The zero-order chi connectivity index (χ0) is 17.6. The van der Waals surface area contributed by atoms with E-state index in [1.165, 1.54) is 0 Å². The minimum Gasteiger partial charge on any atom is -0.479 e. The molecule has 1 aliphatic heterocycles. The predicted octanol–water partition coefficient (Wildman–Crippen LogP) is 2.39. The van der Waals surface area contributed by atoms with Gasteiger partial charge in [-0.25, -0.2) is 4.79 Å². The van der Waals surface area contributed by atoms with Gasteiger partial charge in [-0.2, -0.15) is 0 Å². The Bertz CT molecular complexity index is 867. The topological polar surface area (TPSA) is 88.5 Å². The average molecular weight is 340 g/mol. The summed E-state index contributed by atoms with van der Waals surface area (Å²) < 4.78 is 5.23. The third kappa shape index (κ3) is 2.87. The van der Waals surface area contributed by atoms with E-state index in [0.717, 1.165) is 35.0 Å². The molecule has 0 bridgehead atoms. The third-order valence-electron chi connectivity index (χ3n) is 5.01. The number of hydrogen-bond acceptors (Lipinski definition) is 4. The molecule has 1 aliphatic carbocycles. The maximum absolute atomic E-state index is 13.0. The number of aliphatic carboxylic acids is 1. The summed E-state index contributed by atoms with van der Waals surface area (Å²) in [6.07, 6.45) is 2.43. The van der Waals surface area contributed by atoms with E-state index in [2.05, 4.69) is 10.3 Å². The first-order valence-corrected chi connectivity index (χ1v) is 8.53. The average Bonchev–Trinajstić information content (AvgIpc) is 3.33. The van der Waals surface area contributed by atoms with Crippen molar-refractivity contribution < 1.29 is 19.4 Å². The van der Waals surface area contributed by atoms with Crippen LogP contribution in [0.15, 0.2) is 24.3 Å². The van der Waals surface area contributed by atoms with Crippen molar-refractivity contribution in [3.8, 4) is 0 Å². The van der Waals surface area contributed by atoms with Gasteiger partial charge in [-0.15, -0.1) is 0 Å². The molecular formula is C19H20N2O4. The molecule has 1 aromatic carbocycles. The van der Waals surface area contributed by atoms with E-state index in [-0.39, 0.29) is 18.9 Å². The molecule has 2 aliphatic rings. The lowest BCUT2D eigenvalue weighted by atomic mass is 9.97. The first kappa shape index (κ1) is 16.0. The summed E-state index contributed by atoms with van der Waals surface area (Å²) in [5, 5.41) is 13.0. The van der Waals surface area contributed by atoms with Crippen LogP contribution in [0.3, 0.4) is 0 Å². The largest absolute Gasteiger partial charge is 0.479 e. The molecule has 0 spiro atoms. The lowest BCUT2D eigenvalue weighted by Crippen LogP contribution is -2.55. The molecule has 1 saturated heterocycles. The molecule has 1 unspecified atom stereocenters. The second-order valence-electron chi connectivity index (χ2n) is 7.03. The standard InChI is InChI=1S/C19H20N2O4/c1-11-2-5-15-13(8-11)14(9-16(20-15)12-3-4-12)17(22)21-19(18(23)24)6-7-25-10-19/h2,5,8-9,12H,3-4,6-7,10H2,1H3,(H,21,22)(H,23,24). The fourth-order valence-corrected chi connectivity index (χ4v) is 3.31. The number of nitrogens with zero attached hydrogens (tertiary/aromatic N) is 1. The number of aryl methyl sites for hydroxylation is 1. The lowest BCUT2D eigenvalue weighted by molar-refractivity contribution is -0.144. The Morgan fingerprint density at radius 2 is 2.12 bits per heavy atom. The van der Waals surface area contributed by atoms with E-state index in [4.69, 9.17) is 4.74 Å². The highest BCUT2D eigenvalue weighted by atomic mass is 16.5. The number of benzene rings is 1. The predicted molar refractivity (Wildman–Crippen MR) is 91.7 cm³/mol. The van der Waals surface area contributed by atoms with Crippen molar-refractivity contribution in [3.05, 3.63) is 41.1 Å². The number of rotatable bonds is 4. The smallest absolute Gasteiger partial charge is 0.331 e. The monoisotopic (exact) mass is 340 g/mol. The first-order valence-electron chi connectivity index (χ1n) is 8.53. The van der Waals surface area contributed by atoms with Gasteiger partial charge in [0, 0.05) is 30.0 Å². The quantitative estimate of drug-likeness (QED) is 0.892. The number of aromatic nitrogens is 1. The molecule has 25 heavy (non-hydrogen) atoms. The normalized spacial score (nSPS) is 22.9. The first-order chi connectivity index (χ1) is 12.0. The van der Waals surface area contributed by atoms with Crippen molar-refractivity contribution in [3.63, 3.8) is 0 Å². The molecule has 1 atom stereocenters. The molecule has 1 amide bonds. The molecule has 6 nitrogen and oxygen atoms in total. The summed E-state index contributed by atoms with van der Waals surface area (Å²) in [6, 6.07) is 7.63. The highest BCUT2D eigenvalue weighted by molar-refractivity contribution is 6.08. The van der Waals surface area contributed by atoms with Crippen molar-refractivity contribution in [2.75, 3.05) is 13.2 Å². The lowest BCUT2D eigenvalue weighted by Gasteiger charge is -2.24. The second-order valence-corrected chi connectivity index (χ2v) is 7.03. The molecule has 2 fully saturated rings. The Balaban J connectivity index is 1.77. The van der Waals surface area contributed by atoms with Gasteiger partial charge in [0.2, 0.25) is 0 Å². The number of carboxylic acid groups (broad SMARTS) is 1. The van der Waals surface area contributed by atoms with Crippen LogP contribution in [0.2, 0.25) is 0 Å². The minimum absolute atomic E-state index is 0.00833. The van der Waals surface area contributed by atoms with Gasteiger partial charge in [0.25, 0.3) is 5.91 Å². The number of pyridine rings is 1. The van der Waals surface area contributed by atoms with Crippen LogP contribution >= 0.6 is 0 Å². The maximum Gasteiger partial charge on any atom is 0.331 e. The van der Waals surface area contributed by atoms with E-state index in [1.807, 2.05) is 31.2 Å². The van der Waals surface area contributed by atoms with Crippen LogP contribution in [-0.4, -0.2) is 40.7 Å². The van der Waals surface area contributed by atoms with Gasteiger partial charge in [-0.05, 0) is 38.0 Å². The number of hydrogen-bond donors (Lipinski definition) is 2. The van der Waals surface area contributed by atoms with Crippen molar-refractivity contribution in [2.45, 2.75) is 37.6 Å². The Morgan fingerprint density at radius 1 is 1.32 bits per heavy atom. The Hall–Kier alpha value is -2.47. The van der Waals surface area contributed by atoms with E-state index in [0.29, 0.717) is 18.1 Å². The summed E-state index contributed by atoms with van der Waals surface area (Å²) in [6.45, 7) is 2.28. The molecule has 1 aromatic heterocycles. The van der Waals surface area contributed by atoms with E-state index >= 15 is 0 Å². The van der Waals surface area contributed by atoms with Gasteiger partial charge in [0.1, 0.15) is 0 Å². The second kappa shape index (κ2) is 5.81. The van der Waals surface area contributed by atoms with E-state index < -0.39 is 11.5 Å². The van der Waals surface area contributed by atoms with Gasteiger partial charge in [-0.3, -0.25) is 9.78 Å². The van der Waals surface area contributed by atoms with Gasteiger partial charge in [-0.1, -0.05) is 11.6 Å². The number of fused-ring (bicyclic) bond motifs is 1. The number of ether oxygens (including phenoxy) is 1. The molecule has 130 valence electrons. The molecule has 4 rings (SSSR count). The highest BCUT2D eigenvalue weighted by Crippen LogP contribution is 2.40. The number of carbonyl (C=O) groups is 2. The summed E-state index contributed by atoms with van der Waals surface area (Å²) in [4.78, 5) is 29.3. The fraction of sp³-hybridized carbons (Fsp3) is 0.421. The van der Waals surface area contributed by atoms with Gasteiger partial charge < -0.3 is 15.2 Å². The number of carboxylic acids is 1. The van der Waals surface area contributed by atoms with Gasteiger partial charge >= 0.3 is 5.97 Å². The third-order valence-corrected chi connectivity index (χ3v) is 5.01. The van der Waals surface area contributed by atoms with E-state index in [9.17, 15) is 14.7 Å². The highest BCUT2D eigenvalue weighted by Gasteiger charge is 2.44. The van der Waals surface area contributed by atoms with Crippen molar-refractivity contribution >= 4 is 22.8 Å². The molecule has 2 N–H and O–H groups in total. The summed E-state index contributed by atoms with van der Waals surface area (Å²) in [5.41, 5.74) is 1.85. The van der Waals surface area contributed by atoms with Crippen LogP contribution in [-0.2, 0) is 9.53 Å². The Labute approximate surface area is 145 Å². The van der Waals surface area contributed by atoms with E-state index in [1.54, 1.807) is 0 Å². The molecule has 2 aromatic rings. The summed E-state index contributed by atoms with van der Waals surface area (Å²) in [5.74, 6) is -1.04. The minimum atomic E-state index is -1.35. The molecule has 0 radical (unpaired) electrons. The van der Waals surface area contributed by atoms with Crippen LogP contribution in [0.1, 0.15) is 46.8 Å². The molecule has 2 heterocycles. The van der Waals surface area contributed by atoms with Crippen molar-refractivity contribution in [1.82, 2.24) is 10.3 Å². The van der Waals surface area contributed by atoms with Crippen LogP contribution in [0.5, 0.6) is 0 Å². The van der Waals surface area contributed by atoms with Crippen LogP contribution < -0.4 is 5.32 Å². The van der Waals surface area contributed by atoms with Crippen LogP contribution in [0.4, 0.5) is 0 Å². The SMILES string of the molecule is Cc1ccc2nc(C3CC3)cc(C(=O)NC3(C(=O)O)CCOC3)c2c1. The molecule has 1 saturated carbocycles. The van der Waals surface area contributed by atoms with Gasteiger partial charge in [0.05, 0.1) is 17.7 Å². The summed E-state index contributed by atoms with van der Waals surface area (Å²) in [7, 11) is 0. The maximum atomic E-state index is 13.0. The van der Waals surface area contributed by atoms with Crippen LogP contribution in [0.25, 0.3) is 10.9 Å². The Kier molecular flexibility index (Phi) is 3.72. The zero-order valence-electron chi connectivity index (χ0n) is 14.0. The fourth-order valence-electron chi connectivity index (χ4n) is 3.31. The number of carbonyl (C=O) groups excluding carboxylic acids is 1. The van der Waals surface area contributed by atoms with Crippen molar-refractivity contribution in [2.24, 2.45) is 0 Å². The van der Waals surface area contributed by atoms with Crippen molar-refractivity contribution in [1.29, 1.82) is 0 Å². The van der Waals surface area contributed by atoms with Gasteiger partial charge in [0.15, 0.2) is 5.54 Å². The number of amides is 1.